The highest BCUT2D eigenvalue weighted by molar-refractivity contribution is 9.10. The number of nitrogens with zero attached hydrogens (tertiary/aromatic N) is 1. The largest absolute Gasteiger partial charge is 0.317 e. The van der Waals surface area contributed by atoms with Gasteiger partial charge < -0.3 is 5.32 Å². The lowest BCUT2D eigenvalue weighted by Crippen LogP contribution is -2.47. The molecule has 2 atom stereocenters. The van der Waals surface area contributed by atoms with Gasteiger partial charge in [-0.2, -0.15) is 0 Å². The van der Waals surface area contributed by atoms with E-state index < -0.39 is 0 Å². The lowest BCUT2D eigenvalue weighted by Gasteiger charge is -2.38. The Bertz CT molecular complexity index is 379. The molecule has 1 aromatic rings. The van der Waals surface area contributed by atoms with Crippen LogP contribution in [0.15, 0.2) is 15.9 Å². The van der Waals surface area contributed by atoms with Crippen molar-refractivity contribution in [3.8, 4) is 0 Å². The van der Waals surface area contributed by atoms with Gasteiger partial charge in [-0.3, -0.25) is 4.90 Å². The zero-order chi connectivity index (χ0) is 11.8. The van der Waals surface area contributed by atoms with Gasteiger partial charge in [-0.25, -0.2) is 0 Å². The van der Waals surface area contributed by atoms with Gasteiger partial charge >= 0.3 is 0 Å². The zero-order valence-electron chi connectivity index (χ0n) is 10.2. The molecule has 2 bridgehead atoms. The Labute approximate surface area is 116 Å². The van der Waals surface area contributed by atoms with E-state index in [2.05, 4.69) is 44.6 Å². The second-order valence-corrected chi connectivity index (χ2v) is 7.16. The number of fused-ring (bicyclic) bond motifs is 2. The molecular formula is C13H19BrN2S. The van der Waals surface area contributed by atoms with Crippen molar-refractivity contribution < 1.29 is 0 Å². The molecule has 17 heavy (non-hydrogen) atoms. The fourth-order valence-electron chi connectivity index (χ4n) is 3.38. The van der Waals surface area contributed by atoms with E-state index in [0.717, 1.165) is 24.7 Å². The lowest BCUT2D eigenvalue weighted by molar-refractivity contribution is 0.113. The van der Waals surface area contributed by atoms with Gasteiger partial charge in [0.25, 0.3) is 0 Å². The van der Waals surface area contributed by atoms with Crippen LogP contribution in [0.4, 0.5) is 0 Å². The highest BCUT2D eigenvalue weighted by Gasteiger charge is 2.40. The van der Waals surface area contributed by atoms with Crippen molar-refractivity contribution in [2.75, 3.05) is 7.05 Å². The van der Waals surface area contributed by atoms with Crippen molar-refractivity contribution >= 4 is 27.3 Å². The van der Waals surface area contributed by atoms with Crippen molar-refractivity contribution in [1.29, 1.82) is 0 Å². The number of thiophene rings is 1. The van der Waals surface area contributed by atoms with Crippen molar-refractivity contribution in [3.63, 3.8) is 0 Å². The second kappa shape index (κ2) is 5.00. The number of piperidine rings is 1. The van der Waals surface area contributed by atoms with Crippen LogP contribution in [0.3, 0.4) is 0 Å². The highest BCUT2D eigenvalue weighted by Crippen LogP contribution is 2.37. The molecule has 2 nitrogen and oxygen atoms in total. The topological polar surface area (TPSA) is 15.3 Å². The van der Waals surface area contributed by atoms with E-state index in [1.165, 1.54) is 35.0 Å². The Morgan fingerprint density at radius 3 is 2.65 bits per heavy atom. The maximum absolute atomic E-state index is 3.55. The Kier molecular flexibility index (Phi) is 3.57. The number of nitrogens with one attached hydrogen (secondary N) is 1. The first-order valence-corrected chi connectivity index (χ1v) is 8.09. The Balaban J connectivity index is 1.69. The molecule has 2 fully saturated rings. The average molecular weight is 315 g/mol. The molecule has 2 unspecified atom stereocenters. The molecule has 0 aromatic carbocycles. The third kappa shape index (κ3) is 2.46. The molecule has 3 rings (SSSR count). The molecule has 0 spiro atoms. The number of halogens is 1. The Hall–Kier alpha value is 0.1000. The standard InChI is InChI=1S/C13H19BrN2S/c1-15-10-5-11-2-3-12(6-10)16(11)7-13-4-9(14)8-17-13/h4,8,10-12,15H,2-3,5-7H2,1H3. The van der Waals surface area contributed by atoms with Crippen LogP contribution in [-0.4, -0.2) is 30.1 Å². The molecule has 2 aliphatic rings. The van der Waals surface area contributed by atoms with Crippen LogP contribution in [-0.2, 0) is 6.54 Å². The molecular weight excluding hydrogens is 296 g/mol. The smallest absolute Gasteiger partial charge is 0.0334 e. The van der Waals surface area contributed by atoms with Gasteiger partial charge in [0.2, 0.25) is 0 Å². The van der Waals surface area contributed by atoms with E-state index in [4.69, 9.17) is 0 Å². The van der Waals surface area contributed by atoms with Gasteiger partial charge in [-0.05, 0) is 54.7 Å². The monoisotopic (exact) mass is 314 g/mol. The molecule has 0 amide bonds. The summed E-state index contributed by atoms with van der Waals surface area (Å²) in [5, 5.41) is 5.65. The first-order valence-electron chi connectivity index (χ1n) is 6.42. The van der Waals surface area contributed by atoms with E-state index in [1.54, 1.807) is 0 Å². The van der Waals surface area contributed by atoms with Crippen molar-refractivity contribution in [1.82, 2.24) is 10.2 Å². The second-order valence-electron chi connectivity index (χ2n) is 5.25. The first-order chi connectivity index (χ1) is 8.26. The van der Waals surface area contributed by atoms with Gasteiger partial charge in [0.15, 0.2) is 0 Å². The van der Waals surface area contributed by atoms with Crippen LogP contribution in [0, 0.1) is 0 Å². The molecule has 1 aromatic heterocycles. The van der Waals surface area contributed by atoms with E-state index in [9.17, 15) is 0 Å². The summed E-state index contributed by atoms with van der Waals surface area (Å²) in [5.74, 6) is 0. The van der Waals surface area contributed by atoms with Gasteiger partial charge in [0, 0.05) is 39.4 Å². The van der Waals surface area contributed by atoms with Crippen molar-refractivity contribution in [2.45, 2.75) is 50.4 Å². The minimum Gasteiger partial charge on any atom is -0.317 e. The first kappa shape index (κ1) is 12.2. The summed E-state index contributed by atoms with van der Waals surface area (Å²) in [6.45, 7) is 1.15. The van der Waals surface area contributed by atoms with Gasteiger partial charge in [-0.1, -0.05) is 0 Å². The average Bonchev–Trinajstić information content (AvgIpc) is 2.82. The third-order valence-electron chi connectivity index (χ3n) is 4.25. The molecule has 1 N–H and O–H groups in total. The SMILES string of the molecule is CNC1CC2CCC(C1)N2Cc1cc(Br)cs1. The Morgan fingerprint density at radius 2 is 2.12 bits per heavy atom. The summed E-state index contributed by atoms with van der Waals surface area (Å²) >= 11 is 5.42. The maximum atomic E-state index is 3.55. The summed E-state index contributed by atoms with van der Waals surface area (Å²) in [6, 6.07) is 4.65. The van der Waals surface area contributed by atoms with E-state index >= 15 is 0 Å². The van der Waals surface area contributed by atoms with Crippen LogP contribution in [0.2, 0.25) is 0 Å². The van der Waals surface area contributed by atoms with Crippen LogP contribution in [0.5, 0.6) is 0 Å². The predicted octanol–water partition coefficient (Wildman–Crippen LogP) is 3.23. The van der Waals surface area contributed by atoms with E-state index in [0.29, 0.717) is 0 Å². The normalized spacial score (nSPS) is 33.2. The van der Waals surface area contributed by atoms with Crippen molar-refractivity contribution in [2.24, 2.45) is 0 Å². The highest BCUT2D eigenvalue weighted by atomic mass is 79.9. The number of hydrogen-bond donors (Lipinski definition) is 1. The van der Waals surface area contributed by atoms with E-state index in [-0.39, 0.29) is 0 Å². The van der Waals surface area contributed by atoms with Gasteiger partial charge in [0.1, 0.15) is 0 Å². The molecule has 0 radical (unpaired) electrons. The molecule has 2 saturated heterocycles. The summed E-state index contributed by atoms with van der Waals surface area (Å²) in [5.41, 5.74) is 0. The van der Waals surface area contributed by atoms with Crippen LogP contribution in [0.1, 0.15) is 30.6 Å². The fourth-order valence-corrected chi connectivity index (χ4v) is 4.84. The summed E-state index contributed by atoms with van der Waals surface area (Å²) in [7, 11) is 2.11. The van der Waals surface area contributed by atoms with Crippen LogP contribution in [0.25, 0.3) is 0 Å². The fraction of sp³-hybridized carbons (Fsp3) is 0.692. The third-order valence-corrected chi connectivity index (χ3v) is 5.94. The molecule has 94 valence electrons. The van der Waals surface area contributed by atoms with E-state index in [1.807, 2.05) is 11.3 Å². The molecule has 3 heterocycles. The minimum atomic E-state index is 0.749. The molecule has 0 saturated carbocycles. The summed E-state index contributed by atoms with van der Waals surface area (Å²) in [4.78, 5) is 4.24. The quantitative estimate of drug-likeness (QED) is 0.921. The molecule has 2 aliphatic heterocycles. The van der Waals surface area contributed by atoms with Crippen LogP contribution < -0.4 is 5.32 Å². The van der Waals surface area contributed by atoms with Gasteiger partial charge in [0.05, 0.1) is 0 Å². The number of rotatable bonds is 3. The number of hydrogen-bond acceptors (Lipinski definition) is 3. The van der Waals surface area contributed by atoms with Crippen LogP contribution >= 0.6 is 27.3 Å². The summed E-state index contributed by atoms with van der Waals surface area (Å²) in [6.07, 6.45) is 5.46. The van der Waals surface area contributed by atoms with Crippen molar-refractivity contribution in [3.05, 3.63) is 20.8 Å². The van der Waals surface area contributed by atoms with Gasteiger partial charge in [-0.15, -0.1) is 11.3 Å². The Morgan fingerprint density at radius 1 is 1.41 bits per heavy atom. The minimum absolute atomic E-state index is 0.749. The summed E-state index contributed by atoms with van der Waals surface area (Å²) < 4.78 is 1.23. The predicted molar refractivity (Wildman–Crippen MR) is 76.5 cm³/mol. The maximum Gasteiger partial charge on any atom is 0.0334 e. The molecule has 4 heteroatoms. The zero-order valence-corrected chi connectivity index (χ0v) is 12.6. The lowest BCUT2D eigenvalue weighted by atomic mass is 9.97. The molecule has 0 aliphatic carbocycles.